The zero-order chi connectivity index (χ0) is 20.3. The summed E-state index contributed by atoms with van der Waals surface area (Å²) in [5.41, 5.74) is 6.18. The van der Waals surface area contributed by atoms with E-state index in [1.165, 1.54) is 17.4 Å². The van der Waals surface area contributed by atoms with Crippen molar-refractivity contribution in [2.24, 2.45) is 5.73 Å². The van der Waals surface area contributed by atoms with Gasteiger partial charge in [-0.3, -0.25) is 10.1 Å². The van der Waals surface area contributed by atoms with Gasteiger partial charge >= 0.3 is 6.03 Å². The Kier molecular flexibility index (Phi) is 6.01. The quantitative estimate of drug-likeness (QED) is 0.584. The molecule has 1 aliphatic heterocycles. The van der Waals surface area contributed by atoms with Crippen molar-refractivity contribution in [2.45, 2.75) is 23.8 Å². The van der Waals surface area contributed by atoms with Crippen LogP contribution in [0, 0.1) is 0 Å². The van der Waals surface area contributed by atoms with Crippen molar-refractivity contribution < 1.29 is 18.0 Å². The van der Waals surface area contributed by atoms with Crippen molar-refractivity contribution in [3.05, 3.63) is 35.9 Å². The van der Waals surface area contributed by atoms with E-state index >= 15 is 0 Å². The summed E-state index contributed by atoms with van der Waals surface area (Å²) in [6.07, 6.45) is 2.99. The zero-order valence-electron chi connectivity index (χ0n) is 15.3. The fourth-order valence-electron chi connectivity index (χ4n) is 3.02. The van der Waals surface area contributed by atoms with Gasteiger partial charge in [0.25, 0.3) is 5.91 Å². The number of thiophene rings is 1. The summed E-state index contributed by atoms with van der Waals surface area (Å²) < 4.78 is 23.6. The van der Waals surface area contributed by atoms with E-state index < -0.39 is 15.9 Å². The standard InChI is InChI=1S/C18H22N4O4S2/c1-28(25,26)13-6-2-4-11(8-13)15-9-14(17(27-15)22-18(19)24)16(23)21-12-5-3-7-20-10-12/h2,4,6,8-9,12,20H,3,5,7,10H2,1H3,(H,21,23)(H3,19,22,24)/t12-/m0/s1. The summed E-state index contributed by atoms with van der Waals surface area (Å²) in [7, 11) is -3.36. The molecular weight excluding hydrogens is 400 g/mol. The van der Waals surface area contributed by atoms with Crippen molar-refractivity contribution in [3.63, 3.8) is 0 Å². The number of rotatable bonds is 5. The van der Waals surface area contributed by atoms with E-state index in [4.69, 9.17) is 5.73 Å². The van der Waals surface area contributed by atoms with Crippen LogP contribution in [0.5, 0.6) is 0 Å². The van der Waals surface area contributed by atoms with Crippen molar-refractivity contribution in [3.8, 4) is 10.4 Å². The highest BCUT2D eigenvalue weighted by molar-refractivity contribution is 7.90. The van der Waals surface area contributed by atoms with Crippen molar-refractivity contribution in [1.29, 1.82) is 0 Å². The number of amides is 3. The second kappa shape index (κ2) is 8.29. The third-order valence-corrected chi connectivity index (χ3v) is 6.60. The number of urea groups is 1. The molecule has 5 N–H and O–H groups in total. The highest BCUT2D eigenvalue weighted by Crippen LogP contribution is 2.36. The lowest BCUT2D eigenvalue weighted by Crippen LogP contribution is -2.45. The van der Waals surface area contributed by atoms with Crippen LogP contribution in [-0.2, 0) is 9.84 Å². The first-order valence-electron chi connectivity index (χ1n) is 8.76. The number of nitrogens with one attached hydrogen (secondary N) is 3. The molecule has 1 atom stereocenters. The smallest absolute Gasteiger partial charge is 0.317 e. The highest BCUT2D eigenvalue weighted by Gasteiger charge is 2.22. The first-order chi connectivity index (χ1) is 13.2. The topological polar surface area (TPSA) is 130 Å². The van der Waals surface area contributed by atoms with Crippen molar-refractivity contribution >= 4 is 38.1 Å². The molecule has 150 valence electrons. The van der Waals surface area contributed by atoms with Gasteiger partial charge in [0.2, 0.25) is 0 Å². The summed E-state index contributed by atoms with van der Waals surface area (Å²) in [4.78, 5) is 25.0. The molecule has 1 aromatic carbocycles. The molecule has 10 heteroatoms. The van der Waals surface area contributed by atoms with Gasteiger partial charge in [-0.25, -0.2) is 13.2 Å². The van der Waals surface area contributed by atoms with Crippen LogP contribution in [0.15, 0.2) is 35.2 Å². The number of carbonyl (C=O) groups is 2. The maximum atomic E-state index is 12.8. The van der Waals surface area contributed by atoms with Crippen LogP contribution >= 0.6 is 11.3 Å². The van der Waals surface area contributed by atoms with Crippen LogP contribution in [0.25, 0.3) is 10.4 Å². The lowest BCUT2D eigenvalue weighted by atomic mass is 10.1. The van der Waals surface area contributed by atoms with E-state index in [1.807, 2.05) is 0 Å². The highest BCUT2D eigenvalue weighted by atomic mass is 32.2. The molecule has 0 unspecified atom stereocenters. The summed E-state index contributed by atoms with van der Waals surface area (Å²) in [6, 6.07) is 7.33. The third-order valence-electron chi connectivity index (χ3n) is 4.39. The summed E-state index contributed by atoms with van der Waals surface area (Å²) >= 11 is 1.17. The molecule has 0 spiro atoms. The van der Waals surface area contributed by atoms with Crippen LogP contribution < -0.4 is 21.7 Å². The number of sulfone groups is 1. The fraction of sp³-hybridized carbons (Fsp3) is 0.333. The number of piperidine rings is 1. The average Bonchev–Trinajstić information content (AvgIpc) is 3.05. The van der Waals surface area contributed by atoms with E-state index in [2.05, 4.69) is 16.0 Å². The monoisotopic (exact) mass is 422 g/mol. The number of primary amides is 1. The molecule has 2 aromatic rings. The first kappa shape index (κ1) is 20.3. The summed E-state index contributed by atoms with van der Waals surface area (Å²) in [5.74, 6) is -0.306. The van der Waals surface area contributed by atoms with Gasteiger partial charge in [0.1, 0.15) is 5.00 Å². The summed E-state index contributed by atoms with van der Waals surface area (Å²) in [6.45, 7) is 1.62. The van der Waals surface area contributed by atoms with E-state index in [-0.39, 0.29) is 16.8 Å². The van der Waals surface area contributed by atoms with Crippen LogP contribution in [-0.4, -0.2) is 45.7 Å². The molecule has 1 saturated heterocycles. The number of benzene rings is 1. The van der Waals surface area contributed by atoms with Gasteiger partial charge in [-0.05, 0) is 43.1 Å². The minimum atomic E-state index is -3.36. The molecule has 8 nitrogen and oxygen atoms in total. The van der Waals surface area contributed by atoms with E-state index in [0.29, 0.717) is 27.5 Å². The normalized spacial score (nSPS) is 17.1. The molecule has 2 heterocycles. The Morgan fingerprint density at radius 2 is 2.07 bits per heavy atom. The Morgan fingerprint density at radius 1 is 1.29 bits per heavy atom. The molecular formula is C18H22N4O4S2. The number of carbonyl (C=O) groups excluding carboxylic acids is 2. The second-order valence-corrected chi connectivity index (χ2v) is 9.73. The number of nitrogens with two attached hydrogens (primary N) is 1. The SMILES string of the molecule is CS(=O)(=O)c1cccc(-c2cc(C(=O)N[C@H]3CCCNC3)c(NC(N)=O)s2)c1. The van der Waals surface area contributed by atoms with Crippen LogP contribution in [0.3, 0.4) is 0 Å². The Balaban J connectivity index is 1.93. The number of anilines is 1. The second-order valence-electron chi connectivity index (χ2n) is 6.66. The van der Waals surface area contributed by atoms with Gasteiger partial charge in [0.05, 0.1) is 10.5 Å². The maximum Gasteiger partial charge on any atom is 0.317 e. The number of hydrogen-bond donors (Lipinski definition) is 4. The molecule has 0 aliphatic carbocycles. The minimum Gasteiger partial charge on any atom is -0.351 e. The third kappa shape index (κ3) is 4.89. The summed E-state index contributed by atoms with van der Waals surface area (Å²) in [5, 5.41) is 9.01. The predicted octanol–water partition coefficient (Wildman–Crippen LogP) is 1.79. The average molecular weight is 423 g/mol. The van der Waals surface area contributed by atoms with Gasteiger partial charge in [0.15, 0.2) is 9.84 Å². The van der Waals surface area contributed by atoms with Crippen LogP contribution in [0.4, 0.5) is 9.80 Å². The molecule has 0 radical (unpaired) electrons. The van der Waals surface area contributed by atoms with E-state index in [9.17, 15) is 18.0 Å². The molecule has 0 bridgehead atoms. The molecule has 1 fully saturated rings. The lowest BCUT2D eigenvalue weighted by molar-refractivity contribution is 0.0932. The van der Waals surface area contributed by atoms with Crippen LogP contribution in [0.2, 0.25) is 0 Å². The molecule has 3 amide bonds. The lowest BCUT2D eigenvalue weighted by Gasteiger charge is -2.23. The Morgan fingerprint density at radius 3 is 2.71 bits per heavy atom. The van der Waals surface area contributed by atoms with E-state index in [1.54, 1.807) is 24.3 Å². The molecule has 1 aromatic heterocycles. The number of hydrogen-bond acceptors (Lipinski definition) is 6. The predicted molar refractivity (Wildman–Crippen MR) is 109 cm³/mol. The zero-order valence-corrected chi connectivity index (χ0v) is 17.0. The van der Waals surface area contributed by atoms with Gasteiger partial charge in [-0.15, -0.1) is 11.3 Å². The van der Waals surface area contributed by atoms with Crippen molar-refractivity contribution in [2.75, 3.05) is 24.7 Å². The minimum absolute atomic E-state index is 0.0135. The molecule has 1 aliphatic rings. The molecule has 28 heavy (non-hydrogen) atoms. The van der Waals surface area contributed by atoms with E-state index in [0.717, 1.165) is 25.6 Å². The Bertz CT molecular complexity index is 995. The van der Waals surface area contributed by atoms with Gasteiger partial charge < -0.3 is 16.4 Å². The van der Waals surface area contributed by atoms with Crippen molar-refractivity contribution in [1.82, 2.24) is 10.6 Å². The first-order valence-corrected chi connectivity index (χ1v) is 11.5. The fourth-order valence-corrected chi connectivity index (χ4v) is 4.75. The van der Waals surface area contributed by atoms with Gasteiger partial charge in [-0.2, -0.15) is 0 Å². The molecule has 3 rings (SSSR count). The van der Waals surface area contributed by atoms with Gasteiger partial charge in [0, 0.05) is 23.7 Å². The largest absolute Gasteiger partial charge is 0.351 e. The molecule has 0 saturated carbocycles. The van der Waals surface area contributed by atoms with Crippen LogP contribution in [0.1, 0.15) is 23.2 Å². The maximum absolute atomic E-state index is 12.8. The van der Waals surface area contributed by atoms with Gasteiger partial charge in [-0.1, -0.05) is 12.1 Å². The Hall–Kier alpha value is -2.43. The Labute approximate surface area is 167 Å².